The zero-order valence-corrected chi connectivity index (χ0v) is 15.5. The van der Waals surface area contributed by atoms with Crippen molar-refractivity contribution in [3.8, 4) is 11.5 Å². The molecule has 1 unspecified atom stereocenters. The number of carbonyl (C=O) groups is 2. The summed E-state index contributed by atoms with van der Waals surface area (Å²) in [7, 11) is 0. The highest BCUT2D eigenvalue weighted by Gasteiger charge is 2.23. The number of nitrogens with one attached hydrogen (secondary N) is 3. The molecular formula is C20H18N4O5. The third kappa shape index (κ3) is 4.19. The lowest BCUT2D eigenvalue weighted by Gasteiger charge is -2.18. The molecule has 9 heteroatoms. The van der Waals surface area contributed by atoms with Crippen LogP contribution in [0.1, 0.15) is 27.7 Å². The Balaban J connectivity index is 1.48. The molecule has 1 atom stereocenters. The summed E-state index contributed by atoms with van der Waals surface area (Å²) in [4.78, 5) is 25.3. The highest BCUT2D eigenvalue weighted by atomic mass is 16.7. The second-order valence-corrected chi connectivity index (χ2v) is 6.32. The number of hydrogen-bond acceptors (Lipinski definition) is 7. The van der Waals surface area contributed by atoms with Gasteiger partial charge in [0.25, 0.3) is 5.91 Å². The zero-order chi connectivity index (χ0) is 20.2. The Morgan fingerprint density at radius 2 is 1.83 bits per heavy atom. The molecule has 0 fully saturated rings. The summed E-state index contributed by atoms with van der Waals surface area (Å²) in [6, 6.07) is 14.6. The van der Waals surface area contributed by atoms with Gasteiger partial charge in [0.15, 0.2) is 17.3 Å². The van der Waals surface area contributed by atoms with Crippen LogP contribution in [-0.2, 0) is 4.79 Å². The molecular weight excluding hydrogens is 376 g/mol. The molecule has 0 spiro atoms. The van der Waals surface area contributed by atoms with E-state index in [-0.39, 0.29) is 12.6 Å². The smallest absolute Gasteiger partial charge is 0.265 e. The molecule has 2 amide bonds. The number of rotatable bonds is 6. The molecule has 3 aromatic rings. The molecule has 1 aromatic heterocycles. The van der Waals surface area contributed by atoms with E-state index in [1.54, 1.807) is 55.5 Å². The van der Waals surface area contributed by atoms with Crippen LogP contribution in [0.25, 0.3) is 0 Å². The lowest BCUT2D eigenvalue weighted by atomic mass is 10.1. The lowest BCUT2D eigenvalue weighted by Crippen LogP contribution is -2.44. The Hall–Kier alpha value is -3.85. The largest absolute Gasteiger partial charge is 0.454 e. The maximum absolute atomic E-state index is 12.8. The van der Waals surface area contributed by atoms with Crippen LogP contribution < -0.4 is 25.6 Å². The van der Waals surface area contributed by atoms with Gasteiger partial charge in [-0.1, -0.05) is 35.5 Å². The molecule has 3 N–H and O–H groups in total. The second kappa shape index (κ2) is 8.03. The maximum Gasteiger partial charge on any atom is 0.265 e. The number of benzene rings is 2. The average Bonchev–Trinajstić information content (AvgIpc) is 3.36. The molecule has 1 aliphatic heterocycles. The van der Waals surface area contributed by atoms with Crippen molar-refractivity contribution < 1.29 is 23.6 Å². The van der Waals surface area contributed by atoms with Crippen LogP contribution in [-0.4, -0.2) is 23.8 Å². The molecule has 9 nitrogen and oxygen atoms in total. The van der Waals surface area contributed by atoms with E-state index in [9.17, 15) is 9.59 Å². The number of anilines is 1. The number of aromatic nitrogens is 1. The first-order valence-corrected chi connectivity index (χ1v) is 8.85. The predicted molar refractivity (Wildman–Crippen MR) is 102 cm³/mol. The van der Waals surface area contributed by atoms with Crippen LogP contribution in [0.15, 0.2) is 59.1 Å². The van der Waals surface area contributed by atoms with Crippen LogP contribution in [0.3, 0.4) is 0 Å². The number of aryl methyl sites for hydroxylation is 1. The summed E-state index contributed by atoms with van der Waals surface area (Å²) in [5.74, 6) is 1.11. The number of fused-ring (bicyclic) bond motifs is 1. The van der Waals surface area contributed by atoms with Crippen LogP contribution in [0.4, 0.5) is 5.82 Å². The van der Waals surface area contributed by atoms with Crippen molar-refractivity contribution in [3.63, 3.8) is 0 Å². The highest BCUT2D eigenvalue weighted by Crippen LogP contribution is 2.32. The van der Waals surface area contributed by atoms with Gasteiger partial charge in [-0.05, 0) is 30.7 Å². The highest BCUT2D eigenvalue weighted by molar-refractivity contribution is 5.97. The molecule has 0 bridgehead atoms. The van der Waals surface area contributed by atoms with Gasteiger partial charge in [-0.25, -0.2) is 5.43 Å². The fourth-order valence-electron chi connectivity index (χ4n) is 2.82. The van der Waals surface area contributed by atoms with E-state index in [4.69, 9.17) is 14.0 Å². The molecule has 148 valence electrons. The predicted octanol–water partition coefficient (Wildman–Crippen LogP) is 2.33. The van der Waals surface area contributed by atoms with Crippen LogP contribution >= 0.6 is 0 Å². The van der Waals surface area contributed by atoms with Gasteiger partial charge in [0.1, 0.15) is 11.8 Å². The molecule has 0 saturated carbocycles. The van der Waals surface area contributed by atoms with Crippen LogP contribution in [0, 0.1) is 6.92 Å². The first-order chi connectivity index (χ1) is 14.1. The van der Waals surface area contributed by atoms with Gasteiger partial charge in [-0.2, -0.15) is 0 Å². The standard InChI is InChI=1S/C20H18N4O5/c1-12-9-17(24-29-12)21-20(26)18(13-5-3-2-4-6-13)22-23-19(25)14-7-8-15-16(10-14)28-11-27-15/h2-10,18,22H,11H2,1H3,(H,23,25)(H,21,24,26). The number of nitrogens with zero attached hydrogens (tertiary/aromatic N) is 1. The molecule has 2 aromatic carbocycles. The second-order valence-electron chi connectivity index (χ2n) is 6.32. The maximum atomic E-state index is 12.8. The third-order valence-corrected chi connectivity index (χ3v) is 4.24. The van der Waals surface area contributed by atoms with E-state index in [1.165, 1.54) is 0 Å². The van der Waals surface area contributed by atoms with Crippen molar-refractivity contribution in [1.29, 1.82) is 0 Å². The van der Waals surface area contributed by atoms with Crippen molar-refractivity contribution in [3.05, 3.63) is 71.5 Å². The molecule has 2 heterocycles. The Morgan fingerprint density at radius 3 is 2.59 bits per heavy atom. The molecule has 4 rings (SSSR count). The van der Waals surface area contributed by atoms with Crippen molar-refractivity contribution in [2.75, 3.05) is 12.1 Å². The number of hydrogen-bond donors (Lipinski definition) is 3. The normalized spacial score (nSPS) is 13.0. The average molecular weight is 394 g/mol. The number of amides is 2. The summed E-state index contributed by atoms with van der Waals surface area (Å²) in [6.07, 6.45) is 0. The fraction of sp³-hybridized carbons (Fsp3) is 0.150. The minimum atomic E-state index is -0.855. The summed E-state index contributed by atoms with van der Waals surface area (Å²) in [6.45, 7) is 1.84. The van der Waals surface area contributed by atoms with Gasteiger partial charge in [0, 0.05) is 11.6 Å². The Morgan fingerprint density at radius 1 is 1.03 bits per heavy atom. The third-order valence-electron chi connectivity index (χ3n) is 4.24. The van der Waals surface area contributed by atoms with Gasteiger partial charge in [0.05, 0.1) is 0 Å². The van der Waals surface area contributed by atoms with Crippen LogP contribution in [0.2, 0.25) is 0 Å². The van der Waals surface area contributed by atoms with E-state index in [0.717, 1.165) is 0 Å². The minimum absolute atomic E-state index is 0.121. The van der Waals surface area contributed by atoms with Crippen molar-refractivity contribution in [2.24, 2.45) is 0 Å². The van der Waals surface area contributed by atoms with E-state index in [0.29, 0.717) is 28.4 Å². The van der Waals surface area contributed by atoms with E-state index >= 15 is 0 Å². The molecule has 0 aliphatic carbocycles. The number of ether oxygens (including phenoxy) is 2. The fourth-order valence-corrected chi connectivity index (χ4v) is 2.82. The lowest BCUT2D eigenvalue weighted by molar-refractivity contribution is -0.118. The van der Waals surface area contributed by atoms with E-state index < -0.39 is 17.9 Å². The Kier molecular flexibility index (Phi) is 5.12. The molecule has 29 heavy (non-hydrogen) atoms. The molecule has 0 radical (unpaired) electrons. The summed E-state index contributed by atoms with van der Waals surface area (Å²) in [5.41, 5.74) is 6.38. The number of hydrazine groups is 1. The van der Waals surface area contributed by atoms with Gasteiger partial charge < -0.3 is 19.3 Å². The monoisotopic (exact) mass is 394 g/mol. The van der Waals surface area contributed by atoms with Crippen molar-refractivity contribution in [2.45, 2.75) is 13.0 Å². The Bertz CT molecular complexity index is 1030. The summed E-state index contributed by atoms with van der Waals surface area (Å²) >= 11 is 0. The molecule has 1 aliphatic rings. The Labute approximate surface area is 165 Å². The van der Waals surface area contributed by atoms with Crippen molar-refractivity contribution >= 4 is 17.6 Å². The first kappa shape index (κ1) is 18.5. The summed E-state index contributed by atoms with van der Waals surface area (Å²) in [5, 5.41) is 6.42. The van der Waals surface area contributed by atoms with Crippen molar-refractivity contribution in [1.82, 2.24) is 16.0 Å². The van der Waals surface area contributed by atoms with Gasteiger partial charge in [-0.15, -0.1) is 0 Å². The quantitative estimate of drug-likeness (QED) is 0.550. The number of carbonyl (C=O) groups excluding carboxylic acids is 2. The van der Waals surface area contributed by atoms with Gasteiger partial charge in [0.2, 0.25) is 12.7 Å². The molecule has 0 saturated heterocycles. The van der Waals surface area contributed by atoms with Gasteiger partial charge in [-0.3, -0.25) is 15.0 Å². The van der Waals surface area contributed by atoms with E-state index in [2.05, 4.69) is 21.3 Å². The SMILES string of the molecule is Cc1cc(NC(=O)C(NNC(=O)c2ccc3c(c2)OCO3)c2ccccc2)no1. The first-order valence-electron chi connectivity index (χ1n) is 8.85. The van der Waals surface area contributed by atoms with Gasteiger partial charge >= 0.3 is 0 Å². The summed E-state index contributed by atoms with van der Waals surface area (Å²) < 4.78 is 15.5. The zero-order valence-electron chi connectivity index (χ0n) is 15.5. The van der Waals surface area contributed by atoms with Crippen LogP contribution in [0.5, 0.6) is 11.5 Å². The topological polar surface area (TPSA) is 115 Å². The van der Waals surface area contributed by atoms with E-state index in [1.807, 2.05) is 6.07 Å². The minimum Gasteiger partial charge on any atom is -0.454 e.